The Bertz CT molecular complexity index is 2590. The normalized spacial score (nSPS) is 10.6. The average Bonchev–Trinajstić information content (AvgIpc) is 3.33. The lowest BCUT2D eigenvalue weighted by Crippen LogP contribution is -3.00. The largest absolute Gasteiger partial charge is 1.00 e. The van der Waals surface area contributed by atoms with Crippen molar-refractivity contribution < 1.29 is 26.6 Å². The molecule has 0 heterocycles. The molecule has 0 saturated carbocycles. The third kappa shape index (κ3) is 14.3. The Kier molecular flexibility index (Phi) is 21.3. The second-order valence-corrected chi connectivity index (χ2v) is 23.4. The van der Waals surface area contributed by atoms with Gasteiger partial charge in [-0.05, 0) is 122 Å². The zero-order valence-electron chi connectivity index (χ0n) is 36.0. The molecule has 0 fully saturated rings. The van der Waals surface area contributed by atoms with Crippen LogP contribution in [0.4, 0.5) is 11.4 Å². The van der Waals surface area contributed by atoms with E-state index in [2.05, 4.69) is 240 Å². The summed E-state index contributed by atoms with van der Waals surface area (Å²) >= 11 is 22.6. The minimum Gasteiger partial charge on any atom is -1.00 e. The molecule has 2 N–H and O–H groups in total. The van der Waals surface area contributed by atoms with E-state index >= 15 is 0 Å². The predicted molar refractivity (Wildman–Crippen MR) is 294 cm³/mol. The van der Waals surface area contributed by atoms with Crippen molar-refractivity contribution in [2.24, 2.45) is 0 Å². The average molecular weight is 1210 g/mol. The third-order valence-corrected chi connectivity index (χ3v) is 19.9. The highest BCUT2D eigenvalue weighted by Crippen LogP contribution is 2.59. The van der Waals surface area contributed by atoms with Crippen molar-refractivity contribution in [3.8, 4) is 0 Å². The summed E-state index contributed by atoms with van der Waals surface area (Å²) in [4.78, 5) is 22.9. The zero-order chi connectivity index (χ0) is 46.2. The fraction of sp³-hybridized carbons (Fsp3) is 0.0741. The number of carbonyl (C=O) groups is 2. The van der Waals surface area contributed by atoms with E-state index in [1.807, 2.05) is 18.2 Å². The van der Waals surface area contributed by atoms with Gasteiger partial charge < -0.3 is 27.6 Å². The highest BCUT2D eigenvalue weighted by molar-refractivity contribution is 9.11. The van der Waals surface area contributed by atoms with E-state index in [-0.39, 0.29) is 28.8 Å². The summed E-state index contributed by atoms with van der Waals surface area (Å²) in [5.74, 6) is -0.224. The first-order valence-electron chi connectivity index (χ1n) is 20.6. The third-order valence-electron chi connectivity index (χ3n) is 10.1. The summed E-state index contributed by atoms with van der Waals surface area (Å²) < 4.78 is 1.64. The Labute approximate surface area is 436 Å². The summed E-state index contributed by atoms with van der Waals surface area (Å²) in [5.41, 5.74) is 3.51. The van der Waals surface area contributed by atoms with Gasteiger partial charge in [-0.1, -0.05) is 185 Å². The van der Waals surface area contributed by atoms with E-state index in [1.165, 1.54) is 45.7 Å². The molecular formula is C54H46Br4Cl2N2O2P2. The minimum absolute atomic E-state index is 0. The monoisotopic (exact) mass is 1200 g/mol. The van der Waals surface area contributed by atoms with Gasteiger partial charge >= 0.3 is 0 Å². The second kappa shape index (κ2) is 26.6. The topological polar surface area (TPSA) is 58.2 Å². The molecule has 0 bridgehead atoms. The first kappa shape index (κ1) is 53.0. The molecule has 0 aliphatic rings. The van der Waals surface area contributed by atoms with Gasteiger partial charge in [0.05, 0.1) is 10.0 Å². The van der Waals surface area contributed by atoms with E-state index in [9.17, 15) is 9.59 Å². The van der Waals surface area contributed by atoms with Crippen LogP contribution in [0, 0.1) is 0 Å². The maximum absolute atomic E-state index is 12.0. The van der Waals surface area contributed by atoms with E-state index < -0.39 is 15.2 Å². The van der Waals surface area contributed by atoms with Gasteiger partial charge in [0, 0.05) is 45.1 Å². The molecule has 8 rings (SSSR count). The fourth-order valence-electron chi connectivity index (χ4n) is 7.23. The molecule has 0 unspecified atom stereocenters. The van der Waals surface area contributed by atoms with Gasteiger partial charge in [-0.15, -0.1) is 0 Å². The maximum Gasteiger partial charge on any atom is 0.221 e. The molecular weight excluding hydrogens is 1160 g/mol. The molecule has 8 aromatic carbocycles. The Hall–Kier alpha value is -3.94. The lowest BCUT2D eigenvalue weighted by molar-refractivity contribution is -0.115. The van der Waals surface area contributed by atoms with Gasteiger partial charge in [0.15, 0.2) is 0 Å². The number of hydrogen-bond acceptors (Lipinski definition) is 2. The van der Waals surface area contributed by atoms with Crippen LogP contribution >= 0.6 is 86.2 Å². The van der Waals surface area contributed by atoms with Crippen LogP contribution in [0.5, 0.6) is 0 Å². The number of benzene rings is 8. The molecule has 0 radical (unpaired) electrons. The van der Waals surface area contributed by atoms with E-state index in [4.69, 9.17) is 23.2 Å². The Balaban J connectivity index is 0.000000204. The SMILES string of the molecule is CC(=O)Nc1cc(Cl)c(Br)cc1CBr.CC(=O)Nc1cc(Cl)c(Br)cc1C[P+](c1ccccc1)(c1ccccc1)c1ccccc1.[Br-].c1ccc(P(c2ccccc2)c2ccccc2)cc1. The molecule has 66 heavy (non-hydrogen) atoms. The summed E-state index contributed by atoms with van der Waals surface area (Å²) in [6.45, 7) is 2.99. The minimum atomic E-state index is -2.10. The van der Waals surface area contributed by atoms with Gasteiger partial charge in [-0.2, -0.15) is 0 Å². The molecule has 0 spiro atoms. The fourth-order valence-corrected chi connectivity index (χ4v) is 15.4. The van der Waals surface area contributed by atoms with Crippen molar-refractivity contribution in [1.82, 2.24) is 0 Å². The van der Waals surface area contributed by atoms with Crippen LogP contribution in [0.3, 0.4) is 0 Å². The summed E-state index contributed by atoms with van der Waals surface area (Å²) in [5, 5.41) is 15.6. The van der Waals surface area contributed by atoms with Crippen molar-refractivity contribution in [3.05, 3.63) is 236 Å². The summed E-state index contributed by atoms with van der Waals surface area (Å²) in [6.07, 6.45) is 0.746. The molecule has 336 valence electrons. The van der Waals surface area contributed by atoms with Gasteiger partial charge in [0.2, 0.25) is 11.8 Å². The first-order chi connectivity index (χ1) is 31.5. The molecule has 0 atom stereocenters. The standard InChI is InChI=1S/C27H22BrClNOP.C18H15P.C9H8Br2ClNO.BrH/c1-20(31)30-27-18-26(29)25(28)17-21(27)19-32(22-11-5-2-6-12-22,23-13-7-3-8-14-23)24-15-9-4-10-16-24;1-4-10-16(11-5-1)19(17-12-6-2-7-13-17)18-14-8-3-9-15-18;1-5(14)13-9-3-8(12)7(11)2-6(9)4-10;/h2-18H,19H2,1H3;1-15H;2-3H,4H2,1H3,(H,13,14);1H. The van der Waals surface area contributed by atoms with Gasteiger partial charge in [0.25, 0.3) is 0 Å². The number of nitrogens with one attached hydrogen (secondary N) is 2. The molecule has 0 aromatic heterocycles. The number of halogens is 6. The zero-order valence-corrected chi connectivity index (χ0v) is 45.7. The lowest BCUT2D eigenvalue weighted by atomic mass is 10.2. The molecule has 2 amide bonds. The van der Waals surface area contributed by atoms with Crippen LogP contribution in [-0.2, 0) is 21.1 Å². The molecule has 0 aliphatic carbocycles. The van der Waals surface area contributed by atoms with Crippen molar-refractivity contribution in [2.75, 3.05) is 10.6 Å². The summed E-state index contributed by atoms with van der Waals surface area (Å²) in [6, 6.07) is 71.9. The van der Waals surface area contributed by atoms with Crippen molar-refractivity contribution in [1.29, 1.82) is 0 Å². The van der Waals surface area contributed by atoms with Crippen LogP contribution in [0.2, 0.25) is 10.0 Å². The molecule has 0 saturated heterocycles. The number of alkyl halides is 1. The Morgan fingerprint density at radius 1 is 0.485 bits per heavy atom. The maximum atomic E-state index is 12.0. The Morgan fingerprint density at radius 3 is 1.08 bits per heavy atom. The van der Waals surface area contributed by atoms with Crippen LogP contribution in [0.25, 0.3) is 0 Å². The predicted octanol–water partition coefficient (Wildman–Crippen LogP) is 11.0. The molecule has 4 nitrogen and oxygen atoms in total. The quantitative estimate of drug-likeness (QED) is 0.100. The Morgan fingerprint density at radius 2 is 0.773 bits per heavy atom. The van der Waals surface area contributed by atoms with E-state index in [0.717, 1.165) is 37.6 Å². The van der Waals surface area contributed by atoms with Crippen LogP contribution in [0.15, 0.2) is 215 Å². The van der Waals surface area contributed by atoms with E-state index in [0.29, 0.717) is 15.4 Å². The highest BCUT2D eigenvalue weighted by atomic mass is 79.9. The molecule has 0 aliphatic heterocycles. The van der Waals surface area contributed by atoms with Gasteiger partial charge in [-0.25, -0.2) is 0 Å². The number of anilines is 2. The van der Waals surface area contributed by atoms with E-state index in [1.54, 1.807) is 6.07 Å². The van der Waals surface area contributed by atoms with Gasteiger partial charge in [-0.3, -0.25) is 9.59 Å². The lowest BCUT2D eigenvalue weighted by Gasteiger charge is -2.28. The van der Waals surface area contributed by atoms with Crippen molar-refractivity contribution >= 4 is 141 Å². The number of carbonyl (C=O) groups excluding carboxylic acids is 2. The number of rotatable bonds is 11. The molecule has 8 aromatic rings. The van der Waals surface area contributed by atoms with Crippen molar-refractivity contribution in [3.63, 3.8) is 0 Å². The van der Waals surface area contributed by atoms with Crippen LogP contribution < -0.4 is 59.4 Å². The number of amides is 2. The highest BCUT2D eigenvalue weighted by Gasteiger charge is 2.46. The summed E-state index contributed by atoms with van der Waals surface area (Å²) in [7, 11) is -2.54. The smallest absolute Gasteiger partial charge is 0.221 e. The van der Waals surface area contributed by atoms with Crippen LogP contribution in [-0.4, -0.2) is 11.8 Å². The number of hydrogen-bond donors (Lipinski definition) is 2. The second-order valence-electron chi connectivity index (χ2n) is 14.7. The van der Waals surface area contributed by atoms with Crippen LogP contribution in [0.1, 0.15) is 25.0 Å². The van der Waals surface area contributed by atoms with Crippen molar-refractivity contribution in [2.45, 2.75) is 25.3 Å². The van der Waals surface area contributed by atoms with Gasteiger partial charge in [0.1, 0.15) is 29.3 Å². The first-order valence-corrected chi connectivity index (χ1v) is 27.3. The molecule has 12 heteroatoms.